The lowest BCUT2D eigenvalue weighted by Crippen LogP contribution is -3.28. The molecule has 0 unspecified atom stereocenters. The number of carbonyl (C=O) groups excluding carboxylic acids is 1. The Morgan fingerprint density at radius 1 is 1.03 bits per heavy atom. The number of para-hydroxylation sites is 1. The number of hydrogen-bond donors (Lipinski definition) is 3. The van der Waals surface area contributed by atoms with Crippen LogP contribution in [0.2, 0.25) is 0 Å². The summed E-state index contributed by atoms with van der Waals surface area (Å²) in [6, 6.07) is 14.4. The molecule has 0 bridgehead atoms. The van der Waals surface area contributed by atoms with E-state index in [2.05, 4.69) is 37.4 Å². The molecular weight excluding hydrogens is 378 g/mol. The van der Waals surface area contributed by atoms with Crippen LogP contribution < -0.4 is 24.6 Å². The molecule has 2 aliphatic heterocycles. The van der Waals surface area contributed by atoms with Crippen LogP contribution in [0.1, 0.15) is 37.3 Å². The summed E-state index contributed by atoms with van der Waals surface area (Å²) in [6.45, 7) is 10.4. The topological polar surface area (TPSA) is 56.4 Å². The van der Waals surface area contributed by atoms with E-state index in [9.17, 15) is 4.79 Å². The van der Waals surface area contributed by atoms with Crippen molar-refractivity contribution in [2.75, 3.05) is 44.8 Å². The van der Waals surface area contributed by atoms with Gasteiger partial charge in [-0.2, -0.15) is 0 Å². The molecular formula is C24H33N3O3+2. The number of fused-ring (bicyclic) bond motifs is 1. The van der Waals surface area contributed by atoms with Crippen LogP contribution in [-0.2, 0) is 11.3 Å². The molecule has 4 rings (SSSR count). The Kier molecular flexibility index (Phi) is 6.55. The first-order valence-electron chi connectivity index (χ1n) is 11.1. The minimum absolute atomic E-state index is 0.111. The SMILES string of the molecule is CC[C@H](C)c1ccccc1NC(=O)C[NH+]1CC[NH+](Cc2ccc3c(c2)OCO3)CC1. The van der Waals surface area contributed by atoms with E-state index in [0.29, 0.717) is 19.3 Å². The zero-order valence-electron chi connectivity index (χ0n) is 18.0. The van der Waals surface area contributed by atoms with Gasteiger partial charge in [-0.25, -0.2) is 0 Å². The number of amides is 1. The van der Waals surface area contributed by atoms with E-state index >= 15 is 0 Å². The van der Waals surface area contributed by atoms with E-state index in [4.69, 9.17) is 9.47 Å². The lowest BCUT2D eigenvalue weighted by atomic mass is 9.97. The molecule has 1 atom stereocenters. The number of ether oxygens (including phenoxy) is 2. The highest BCUT2D eigenvalue weighted by atomic mass is 16.7. The maximum absolute atomic E-state index is 12.7. The van der Waals surface area contributed by atoms with Gasteiger partial charge in [-0.1, -0.05) is 32.0 Å². The fourth-order valence-corrected chi connectivity index (χ4v) is 4.33. The Labute approximate surface area is 178 Å². The summed E-state index contributed by atoms with van der Waals surface area (Å²) in [5.41, 5.74) is 3.46. The molecule has 2 aliphatic rings. The van der Waals surface area contributed by atoms with Crippen molar-refractivity contribution in [2.24, 2.45) is 0 Å². The molecule has 2 heterocycles. The second kappa shape index (κ2) is 9.49. The van der Waals surface area contributed by atoms with Crippen LogP contribution >= 0.6 is 0 Å². The average Bonchev–Trinajstić information content (AvgIpc) is 3.23. The third-order valence-corrected chi connectivity index (χ3v) is 6.34. The van der Waals surface area contributed by atoms with Gasteiger partial charge in [0.2, 0.25) is 6.79 Å². The standard InChI is InChI=1S/C24H31N3O3/c1-3-18(2)20-6-4-5-7-21(20)25-24(28)16-27-12-10-26(11-13-27)15-19-8-9-22-23(14-19)30-17-29-22/h4-9,14,18H,3,10-13,15-17H2,1-2H3,(H,25,28)/p+2/t18-/m0/s1. The molecule has 1 saturated heterocycles. The molecule has 1 fully saturated rings. The van der Waals surface area contributed by atoms with Gasteiger partial charge in [-0.05, 0) is 42.2 Å². The molecule has 1 amide bonds. The van der Waals surface area contributed by atoms with Crippen molar-refractivity contribution in [3.05, 3.63) is 53.6 Å². The van der Waals surface area contributed by atoms with Crippen LogP contribution in [0.5, 0.6) is 11.5 Å². The van der Waals surface area contributed by atoms with Gasteiger partial charge in [-0.3, -0.25) is 4.79 Å². The minimum atomic E-state index is 0.111. The number of piperazine rings is 1. The van der Waals surface area contributed by atoms with Crippen LogP contribution in [0.4, 0.5) is 5.69 Å². The van der Waals surface area contributed by atoms with Gasteiger partial charge >= 0.3 is 0 Å². The predicted molar refractivity (Wildman–Crippen MR) is 116 cm³/mol. The third-order valence-electron chi connectivity index (χ3n) is 6.34. The highest BCUT2D eigenvalue weighted by molar-refractivity contribution is 5.92. The molecule has 0 saturated carbocycles. The molecule has 0 radical (unpaired) electrons. The van der Waals surface area contributed by atoms with Crippen molar-refractivity contribution in [1.29, 1.82) is 0 Å². The number of nitrogens with one attached hydrogen (secondary N) is 3. The van der Waals surface area contributed by atoms with Gasteiger partial charge in [0, 0.05) is 11.3 Å². The predicted octanol–water partition coefficient (Wildman–Crippen LogP) is 0.851. The number of rotatable bonds is 7. The van der Waals surface area contributed by atoms with Crippen LogP contribution in [0.15, 0.2) is 42.5 Å². The Balaban J connectivity index is 1.25. The number of quaternary nitrogens is 2. The molecule has 160 valence electrons. The molecule has 6 nitrogen and oxygen atoms in total. The first-order chi connectivity index (χ1) is 14.6. The van der Waals surface area contributed by atoms with E-state index < -0.39 is 0 Å². The quantitative estimate of drug-likeness (QED) is 0.633. The summed E-state index contributed by atoms with van der Waals surface area (Å²) in [5, 5.41) is 3.16. The Morgan fingerprint density at radius 3 is 2.57 bits per heavy atom. The summed E-state index contributed by atoms with van der Waals surface area (Å²) in [5.74, 6) is 2.24. The number of hydrogen-bond acceptors (Lipinski definition) is 3. The summed E-state index contributed by atoms with van der Waals surface area (Å²) < 4.78 is 10.9. The Hall–Kier alpha value is -2.57. The second-order valence-electron chi connectivity index (χ2n) is 8.49. The summed E-state index contributed by atoms with van der Waals surface area (Å²) in [6.07, 6.45) is 1.06. The molecule has 0 aromatic heterocycles. The van der Waals surface area contributed by atoms with Crippen molar-refractivity contribution < 1.29 is 24.1 Å². The van der Waals surface area contributed by atoms with Gasteiger partial charge in [0.15, 0.2) is 18.0 Å². The van der Waals surface area contributed by atoms with Crippen molar-refractivity contribution in [2.45, 2.75) is 32.7 Å². The van der Waals surface area contributed by atoms with Gasteiger partial charge < -0.3 is 24.6 Å². The van der Waals surface area contributed by atoms with E-state index in [1.54, 1.807) is 4.90 Å². The van der Waals surface area contributed by atoms with Gasteiger partial charge in [-0.15, -0.1) is 0 Å². The summed E-state index contributed by atoms with van der Waals surface area (Å²) >= 11 is 0. The second-order valence-corrected chi connectivity index (χ2v) is 8.49. The van der Waals surface area contributed by atoms with E-state index in [1.807, 2.05) is 24.3 Å². The summed E-state index contributed by atoms with van der Waals surface area (Å²) in [7, 11) is 0. The Bertz CT molecular complexity index is 878. The molecule has 6 heteroatoms. The van der Waals surface area contributed by atoms with E-state index in [0.717, 1.165) is 56.3 Å². The molecule has 0 spiro atoms. The molecule has 0 aliphatic carbocycles. The first-order valence-corrected chi connectivity index (χ1v) is 11.1. The highest BCUT2D eigenvalue weighted by Crippen LogP contribution is 2.32. The lowest BCUT2D eigenvalue weighted by molar-refractivity contribution is -1.02. The summed E-state index contributed by atoms with van der Waals surface area (Å²) in [4.78, 5) is 15.6. The number of anilines is 1. The molecule has 2 aromatic carbocycles. The smallest absolute Gasteiger partial charge is 0.279 e. The highest BCUT2D eigenvalue weighted by Gasteiger charge is 2.26. The van der Waals surface area contributed by atoms with Crippen LogP contribution in [0.25, 0.3) is 0 Å². The van der Waals surface area contributed by atoms with Gasteiger partial charge in [0.1, 0.15) is 32.7 Å². The van der Waals surface area contributed by atoms with Crippen LogP contribution in [0.3, 0.4) is 0 Å². The Morgan fingerprint density at radius 2 is 1.77 bits per heavy atom. The van der Waals surface area contributed by atoms with Crippen LogP contribution in [-0.4, -0.2) is 45.4 Å². The van der Waals surface area contributed by atoms with Crippen molar-refractivity contribution in [3.8, 4) is 11.5 Å². The lowest BCUT2D eigenvalue weighted by Gasteiger charge is -2.29. The zero-order chi connectivity index (χ0) is 20.9. The van der Waals surface area contributed by atoms with Crippen molar-refractivity contribution >= 4 is 11.6 Å². The number of carbonyl (C=O) groups is 1. The molecule has 2 aromatic rings. The zero-order valence-corrected chi connectivity index (χ0v) is 18.0. The largest absolute Gasteiger partial charge is 0.454 e. The number of benzene rings is 2. The average molecular weight is 412 g/mol. The minimum Gasteiger partial charge on any atom is -0.454 e. The van der Waals surface area contributed by atoms with Crippen LogP contribution in [0, 0.1) is 0 Å². The van der Waals surface area contributed by atoms with Crippen molar-refractivity contribution in [3.63, 3.8) is 0 Å². The molecule has 30 heavy (non-hydrogen) atoms. The fraction of sp³-hybridized carbons (Fsp3) is 0.458. The van der Waals surface area contributed by atoms with Gasteiger partial charge in [0.25, 0.3) is 5.91 Å². The van der Waals surface area contributed by atoms with E-state index in [-0.39, 0.29) is 5.91 Å². The first kappa shape index (κ1) is 20.7. The maximum atomic E-state index is 12.7. The van der Waals surface area contributed by atoms with E-state index in [1.165, 1.54) is 16.0 Å². The monoisotopic (exact) mass is 411 g/mol. The third kappa shape index (κ3) is 4.94. The fourth-order valence-electron chi connectivity index (χ4n) is 4.33. The maximum Gasteiger partial charge on any atom is 0.279 e. The normalized spacial score (nSPS) is 21.3. The van der Waals surface area contributed by atoms with Crippen molar-refractivity contribution in [1.82, 2.24) is 0 Å². The molecule has 3 N–H and O–H groups in total. The van der Waals surface area contributed by atoms with Gasteiger partial charge in [0.05, 0.1) is 0 Å².